The molecule has 0 bridgehead atoms. The van der Waals surface area contributed by atoms with Gasteiger partial charge in [-0.15, -0.1) is 0 Å². The largest absolute Gasteiger partial charge is 0.314 e. The van der Waals surface area contributed by atoms with E-state index >= 15 is 0 Å². The standard InChI is InChI=1S/C11H9FN2O2/c1-6-5-8-10(13-7(6)2)4-3-9(12)11(8)14(15)16/h3-5H,1-2H3. The molecule has 0 N–H and O–H groups in total. The van der Waals surface area contributed by atoms with Crippen molar-refractivity contribution in [3.63, 3.8) is 0 Å². The summed E-state index contributed by atoms with van der Waals surface area (Å²) in [5.74, 6) is -0.831. The van der Waals surface area contributed by atoms with Crippen LogP contribution in [0.25, 0.3) is 10.9 Å². The molecule has 4 nitrogen and oxygen atoms in total. The zero-order chi connectivity index (χ0) is 11.9. The van der Waals surface area contributed by atoms with E-state index in [4.69, 9.17) is 0 Å². The Labute approximate surface area is 90.9 Å². The van der Waals surface area contributed by atoms with E-state index in [9.17, 15) is 14.5 Å². The average molecular weight is 220 g/mol. The second-order valence-corrected chi connectivity index (χ2v) is 3.61. The van der Waals surface area contributed by atoms with Crippen molar-refractivity contribution in [2.45, 2.75) is 13.8 Å². The number of nitrogens with zero attached hydrogens (tertiary/aromatic N) is 2. The fourth-order valence-corrected chi connectivity index (χ4v) is 1.59. The first kappa shape index (κ1) is 10.5. The Balaban J connectivity index is 2.92. The fraction of sp³-hybridized carbons (Fsp3) is 0.182. The van der Waals surface area contributed by atoms with Crippen LogP contribution in [0.5, 0.6) is 0 Å². The molecule has 0 spiro atoms. The molecule has 5 heteroatoms. The van der Waals surface area contributed by atoms with Crippen molar-refractivity contribution in [1.82, 2.24) is 4.98 Å². The smallest absolute Gasteiger partial charge is 0.258 e. The molecule has 0 unspecified atom stereocenters. The van der Waals surface area contributed by atoms with E-state index in [1.54, 1.807) is 13.0 Å². The van der Waals surface area contributed by atoms with Crippen LogP contribution in [0.15, 0.2) is 18.2 Å². The summed E-state index contributed by atoms with van der Waals surface area (Å²) in [7, 11) is 0. The zero-order valence-corrected chi connectivity index (χ0v) is 8.82. The van der Waals surface area contributed by atoms with Gasteiger partial charge in [0.25, 0.3) is 0 Å². The van der Waals surface area contributed by atoms with E-state index in [0.717, 1.165) is 17.3 Å². The molecule has 0 atom stereocenters. The third kappa shape index (κ3) is 1.50. The third-order valence-electron chi connectivity index (χ3n) is 2.55. The van der Waals surface area contributed by atoms with Gasteiger partial charge in [0.2, 0.25) is 5.82 Å². The molecule has 1 heterocycles. The molecule has 16 heavy (non-hydrogen) atoms. The minimum absolute atomic E-state index is 0.244. The second-order valence-electron chi connectivity index (χ2n) is 3.61. The number of aryl methyl sites for hydroxylation is 2. The van der Waals surface area contributed by atoms with Crippen molar-refractivity contribution < 1.29 is 9.31 Å². The van der Waals surface area contributed by atoms with Gasteiger partial charge in [0.15, 0.2) is 0 Å². The van der Waals surface area contributed by atoms with Gasteiger partial charge in [0.05, 0.1) is 15.8 Å². The van der Waals surface area contributed by atoms with Gasteiger partial charge in [-0.05, 0) is 37.6 Å². The van der Waals surface area contributed by atoms with Gasteiger partial charge in [-0.2, -0.15) is 4.39 Å². The highest BCUT2D eigenvalue weighted by Crippen LogP contribution is 2.28. The predicted molar refractivity (Wildman–Crippen MR) is 57.8 cm³/mol. The van der Waals surface area contributed by atoms with Crippen molar-refractivity contribution in [2.24, 2.45) is 0 Å². The molecule has 0 saturated heterocycles. The normalized spacial score (nSPS) is 10.7. The van der Waals surface area contributed by atoms with E-state index in [-0.39, 0.29) is 5.39 Å². The van der Waals surface area contributed by atoms with Crippen molar-refractivity contribution in [1.29, 1.82) is 0 Å². The molecule has 2 aromatic rings. The van der Waals surface area contributed by atoms with E-state index in [0.29, 0.717) is 5.52 Å². The maximum Gasteiger partial charge on any atom is 0.314 e. The number of fused-ring (bicyclic) bond motifs is 1. The Morgan fingerprint density at radius 1 is 1.38 bits per heavy atom. The first-order valence-electron chi connectivity index (χ1n) is 4.71. The Morgan fingerprint density at radius 2 is 2.06 bits per heavy atom. The molecule has 82 valence electrons. The van der Waals surface area contributed by atoms with Crippen LogP contribution in [-0.4, -0.2) is 9.91 Å². The first-order valence-corrected chi connectivity index (χ1v) is 4.71. The van der Waals surface area contributed by atoms with Crippen molar-refractivity contribution in [3.8, 4) is 0 Å². The molecule has 2 rings (SSSR count). The number of aromatic nitrogens is 1. The van der Waals surface area contributed by atoms with Crippen molar-refractivity contribution >= 4 is 16.6 Å². The Kier molecular flexibility index (Phi) is 2.30. The highest BCUT2D eigenvalue weighted by molar-refractivity contribution is 5.88. The minimum Gasteiger partial charge on any atom is -0.258 e. The molecule has 0 saturated carbocycles. The Bertz CT molecular complexity index is 596. The molecule has 0 aliphatic rings. The Hall–Kier alpha value is -2.04. The molecule has 1 aromatic carbocycles. The fourth-order valence-electron chi connectivity index (χ4n) is 1.59. The van der Waals surface area contributed by atoms with E-state index in [2.05, 4.69) is 4.98 Å². The summed E-state index contributed by atoms with van der Waals surface area (Å²) in [5, 5.41) is 11.0. The molecule has 0 aliphatic carbocycles. The summed E-state index contributed by atoms with van der Waals surface area (Å²) < 4.78 is 13.3. The van der Waals surface area contributed by atoms with Crippen LogP contribution >= 0.6 is 0 Å². The molecule has 1 aromatic heterocycles. The van der Waals surface area contributed by atoms with Gasteiger partial charge in [-0.1, -0.05) is 0 Å². The van der Waals surface area contributed by atoms with Crippen LogP contribution in [0.1, 0.15) is 11.3 Å². The maximum atomic E-state index is 13.3. The minimum atomic E-state index is -0.831. The summed E-state index contributed by atoms with van der Waals surface area (Å²) in [6.45, 7) is 3.60. The van der Waals surface area contributed by atoms with Crippen LogP contribution in [0.2, 0.25) is 0 Å². The van der Waals surface area contributed by atoms with Crippen LogP contribution in [0, 0.1) is 29.8 Å². The van der Waals surface area contributed by atoms with E-state index in [1.807, 2.05) is 6.92 Å². The lowest BCUT2D eigenvalue weighted by Crippen LogP contribution is -1.96. The topological polar surface area (TPSA) is 56.0 Å². The number of nitro groups is 1. The number of hydrogen-bond acceptors (Lipinski definition) is 3. The van der Waals surface area contributed by atoms with Gasteiger partial charge >= 0.3 is 5.69 Å². The SMILES string of the molecule is Cc1cc2c([N+](=O)[O-])c(F)ccc2nc1C. The zero-order valence-electron chi connectivity index (χ0n) is 8.82. The van der Waals surface area contributed by atoms with Gasteiger partial charge in [-0.25, -0.2) is 0 Å². The van der Waals surface area contributed by atoms with Crippen LogP contribution in [0.3, 0.4) is 0 Å². The number of benzene rings is 1. The molecule has 0 amide bonds. The average Bonchev–Trinajstić information content (AvgIpc) is 2.20. The lowest BCUT2D eigenvalue weighted by atomic mass is 10.1. The monoisotopic (exact) mass is 220 g/mol. The highest BCUT2D eigenvalue weighted by atomic mass is 19.1. The van der Waals surface area contributed by atoms with E-state index < -0.39 is 16.4 Å². The molecule has 0 aliphatic heterocycles. The van der Waals surface area contributed by atoms with Crippen LogP contribution < -0.4 is 0 Å². The quantitative estimate of drug-likeness (QED) is 0.548. The summed E-state index contributed by atoms with van der Waals surface area (Å²) in [5.41, 5.74) is 1.53. The van der Waals surface area contributed by atoms with Crippen molar-refractivity contribution in [3.05, 3.63) is 45.4 Å². The molecular weight excluding hydrogens is 211 g/mol. The predicted octanol–water partition coefficient (Wildman–Crippen LogP) is 2.90. The first-order chi connectivity index (χ1) is 7.50. The van der Waals surface area contributed by atoms with Crippen LogP contribution in [-0.2, 0) is 0 Å². The number of pyridine rings is 1. The van der Waals surface area contributed by atoms with Crippen molar-refractivity contribution in [2.75, 3.05) is 0 Å². The van der Waals surface area contributed by atoms with Gasteiger partial charge < -0.3 is 0 Å². The number of halogens is 1. The molecular formula is C11H9FN2O2. The number of nitro benzene ring substituents is 1. The summed E-state index contributed by atoms with van der Waals surface area (Å²) in [4.78, 5) is 14.2. The summed E-state index contributed by atoms with van der Waals surface area (Å²) in [6.07, 6.45) is 0. The molecule has 0 fully saturated rings. The van der Waals surface area contributed by atoms with Gasteiger partial charge in [0, 0.05) is 5.69 Å². The van der Waals surface area contributed by atoms with Crippen LogP contribution in [0.4, 0.5) is 10.1 Å². The van der Waals surface area contributed by atoms with E-state index in [1.165, 1.54) is 6.07 Å². The second kappa shape index (κ2) is 3.52. The maximum absolute atomic E-state index is 13.3. The summed E-state index contributed by atoms with van der Waals surface area (Å²) in [6, 6.07) is 4.12. The Morgan fingerprint density at radius 3 is 2.69 bits per heavy atom. The number of hydrogen-bond donors (Lipinski definition) is 0. The van der Waals surface area contributed by atoms with Gasteiger partial charge in [0.1, 0.15) is 0 Å². The third-order valence-corrected chi connectivity index (χ3v) is 2.55. The number of rotatable bonds is 1. The lowest BCUT2D eigenvalue weighted by molar-refractivity contribution is -0.385. The molecule has 0 radical (unpaired) electrons. The lowest BCUT2D eigenvalue weighted by Gasteiger charge is -2.04. The van der Waals surface area contributed by atoms with Gasteiger partial charge in [-0.3, -0.25) is 15.1 Å². The summed E-state index contributed by atoms with van der Waals surface area (Å²) >= 11 is 0. The highest BCUT2D eigenvalue weighted by Gasteiger charge is 2.19.